The Bertz CT molecular complexity index is 286. The van der Waals surface area contributed by atoms with Crippen LogP contribution in [0.1, 0.15) is 12.0 Å². The van der Waals surface area contributed by atoms with Gasteiger partial charge in [-0.25, -0.2) is 0 Å². The first kappa shape index (κ1) is 8.61. The summed E-state index contributed by atoms with van der Waals surface area (Å²) in [5.41, 5.74) is 1.67. The summed E-state index contributed by atoms with van der Waals surface area (Å²) >= 11 is 0. The van der Waals surface area contributed by atoms with Crippen molar-refractivity contribution in [2.75, 3.05) is 11.9 Å². The highest BCUT2D eigenvalue weighted by Crippen LogP contribution is 2.08. The summed E-state index contributed by atoms with van der Waals surface area (Å²) in [5, 5.41) is 11.8. The van der Waals surface area contributed by atoms with Crippen molar-refractivity contribution in [1.82, 2.24) is 0 Å². The lowest BCUT2D eigenvalue weighted by Gasteiger charge is -2.03. The van der Waals surface area contributed by atoms with Gasteiger partial charge in [-0.15, -0.1) is 0 Å². The molecular formula is C10H11N2. The van der Waals surface area contributed by atoms with E-state index >= 15 is 0 Å². The Labute approximate surface area is 72.8 Å². The van der Waals surface area contributed by atoms with E-state index in [0.29, 0.717) is 5.56 Å². The van der Waals surface area contributed by atoms with Crippen molar-refractivity contribution in [1.29, 1.82) is 5.26 Å². The van der Waals surface area contributed by atoms with Crippen molar-refractivity contribution in [3.8, 4) is 6.07 Å². The maximum absolute atomic E-state index is 8.60. The van der Waals surface area contributed by atoms with Crippen molar-refractivity contribution in [2.45, 2.75) is 6.42 Å². The van der Waals surface area contributed by atoms with Crippen LogP contribution in [0, 0.1) is 18.3 Å². The Morgan fingerprint density at radius 3 is 3.00 bits per heavy atom. The number of hydrogen-bond donors (Lipinski definition) is 1. The standard InChI is InChI=1S/C10H11N2/c1-2-6-12-10-5-3-4-9(7-10)8-11/h3-5,7,12H,1-2,6H2. The quantitative estimate of drug-likeness (QED) is 0.733. The molecule has 12 heavy (non-hydrogen) atoms. The van der Waals surface area contributed by atoms with Gasteiger partial charge < -0.3 is 5.32 Å². The lowest BCUT2D eigenvalue weighted by atomic mass is 10.2. The minimum absolute atomic E-state index is 0.684. The third kappa shape index (κ3) is 2.28. The zero-order valence-corrected chi connectivity index (χ0v) is 6.88. The molecule has 0 aliphatic carbocycles. The molecule has 0 aliphatic heterocycles. The highest BCUT2D eigenvalue weighted by Gasteiger charge is 1.91. The van der Waals surface area contributed by atoms with Crippen molar-refractivity contribution in [3.63, 3.8) is 0 Å². The van der Waals surface area contributed by atoms with Gasteiger partial charge in [0.2, 0.25) is 0 Å². The molecule has 0 atom stereocenters. The first-order valence-electron chi connectivity index (χ1n) is 3.90. The van der Waals surface area contributed by atoms with Gasteiger partial charge in [0.05, 0.1) is 11.6 Å². The summed E-state index contributed by atoms with van der Waals surface area (Å²) in [6, 6.07) is 9.51. The van der Waals surface area contributed by atoms with Gasteiger partial charge in [0, 0.05) is 12.2 Å². The fourth-order valence-electron chi connectivity index (χ4n) is 0.931. The maximum Gasteiger partial charge on any atom is 0.0992 e. The second-order valence-electron chi connectivity index (χ2n) is 2.47. The number of hydrogen-bond acceptors (Lipinski definition) is 2. The van der Waals surface area contributed by atoms with Crippen LogP contribution in [0.2, 0.25) is 0 Å². The van der Waals surface area contributed by atoms with Crippen LogP contribution in [0.15, 0.2) is 24.3 Å². The van der Waals surface area contributed by atoms with E-state index in [4.69, 9.17) is 5.26 Å². The Hall–Kier alpha value is -1.49. The summed E-state index contributed by atoms with van der Waals surface area (Å²) in [6.45, 7) is 4.56. The van der Waals surface area contributed by atoms with Crippen molar-refractivity contribution < 1.29 is 0 Å². The number of nitriles is 1. The largest absolute Gasteiger partial charge is 0.385 e. The van der Waals surface area contributed by atoms with Gasteiger partial charge >= 0.3 is 0 Å². The number of anilines is 1. The molecule has 1 aromatic rings. The van der Waals surface area contributed by atoms with Gasteiger partial charge in [-0.3, -0.25) is 0 Å². The Kier molecular flexibility index (Phi) is 3.16. The molecule has 0 bridgehead atoms. The van der Waals surface area contributed by atoms with E-state index in [1.807, 2.05) is 18.2 Å². The van der Waals surface area contributed by atoms with Gasteiger partial charge in [0.25, 0.3) is 0 Å². The Morgan fingerprint density at radius 1 is 1.50 bits per heavy atom. The molecule has 1 N–H and O–H groups in total. The highest BCUT2D eigenvalue weighted by atomic mass is 14.9. The molecule has 1 aromatic carbocycles. The predicted molar refractivity (Wildman–Crippen MR) is 49.6 cm³/mol. The van der Waals surface area contributed by atoms with E-state index in [-0.39, 0.29) is 0 Å². The van der Waals surface area contributed by atoms with Gasteiger partial charge in [-0.2, -0.15) is 5.26 Å². The molecule has 0 saturated carbocycles. The molecule has 0 unspecified atom stereocenters. The fourth-order valence-corrected chi connectivity index (χ4v) is 0.931. The minimum Gasteiger partial charge on any atom is -0.385 e. The van der Waals surface area contributed by atoms with Crippen LogP contribution in [-0.2, 0) is 0 Å². The third-order valence-corrected chi connectivity index (χ3v) is 1.50. The van der Waals surface area contributed by atoms with Crippen LogP contribution in [0.5, 0.6) is 0 Å². The Balaban J connectivity index is 2.68. The fraction of sp³-hybridized carbons (Fsp3) is 0.200. The maximum atomic E-state index is 8.60. The van der Waals surface area contributed by atoms with Crippen LogP contribution in [-0.4, -0.2) is 6.54 Å². The molecule has 0 amide bonds. The molecule has 0 heterocycles. The minimum atomic E-state index is 0.684. The van der Waals surface area contributed by atoms with E-state index in [0.717, 1.165) is 18.7 Å². The van der Waals surface area contributed by atoms with Crippen LogP contribution >= 0.6 is 0 Å². The highest BCUT2D eigenvalue weighted by molar-refractivity contribution is 5.48. The molecule has 0 fully saturated rings. The van der Waals surface area contributed by atoms with E-state index in [9.17, 15) is 0 Å². The molecule has 1 radical (unpaired) electrons. The predicted octanol–water partition coefficient (Wildman–Crippen LogP) is 2.19. The second kappa shape index (κ2) is 4.40. The van der Waals surface area contributed by atoms with E-state index in [1.54, 1.807) is 6.07 Å². The molecular weight excluding hydrogens is 148 g/mol. The number of benzene rings is 1. The molecule has 2 nitrogen and oxygen atoms in total. The number of rotatable bonds is 3. The zero-order valence-electron chi connectivity index (χ0n) is 6.88. The number of nitrogens with zero attached hydrogens (tertiary/aromatic N) is 1. The second-order valence-corrected chi connectivity index (χ2v) is 2.47. The number of nitrogens with one attached hydrogen (secondary N) is 1. The van der Waals surface area contributed by atoms with Crippen LogP contribution in [0.4, 0.5) is 5.69 Å². The first-order chi connectivity index (χ1) is 5.86. The van der Waals surface area contributed by atoms with Crippen molar-refractivity contribution >= 4 is 5.69 Å². The summed E-state index contributed by atoms with van der Waals surface area (Å²) in [4.78, 5) is 0. The molecule has 0 saturated heterocycles. The van der Waals surface area contributed by atoms with Gasteiger partial charge in [0.15, 0.2) is 0 Å². The van der Waals surface area contributed by atoms with Gasteiger partial charge in [-0.05, 0) is 24.6 Å². The summed E-state index contributed by atoms with van der Waals surface area (Å²) < 4.78 is 0. The molecule has 0 aromatic heterocycles. The topological polar surface area (TPSA) is 35.8 Å². The van der Waals surface area contributed by atoms with Crippen molar-refractivity contribution in [2.24, 2.45) is 0 Å². The lowest BCUT2D eigenvalue weighted by Crippen LogP contribution is -1.99. The molecule has 0 spiro atoms. The first-order valence-corrected chi connectivity index (χ1v) is 3.90. The smallest absolute Gasteiger partial charge is 0.0992 e. The lowest BCUT2D eigenvalue weighted by molar-refractivity contribution is 1.07. The summed E-state index contributed by atoms with van der Waals surface area (Å²) in [6.07, 6.45) is 0.844. The van der Waals surface area contributed by atoms with E-state index in [2.05, 4.69) is 18.3 Å². The summed E-state index contributed by atoms with van der Waals surface area (Å²) in [5.74, 6) is 0. The zero-order chi connectivity index (χ0) is 8.81. The van der Waals surface area contributed by atoms with E-state index < -0.39 is 0 Å². The van der Waals surface area contributed by atoms with E-state index in [1.165, 1.54) is 0 Å². The molecule has 61 valence electrons. The van der Waals surface area contributed by atoms with Crippen LogP contribution in [0.3, 0.4) is 0 Å². The normalized spacial score (nSPS) is 9.00. The Morgan fingerprint density at radius 2 is 2.33 bits per heavy atom. The molecule has 0 aliphatic rings. The summed E-state index contributed by atoms with van der Waals surface area (Å²) in [7, 11) is 0. The molecule has 2 heteroatoms. The monoisotopic (exact) mass is 159 g/mol. The third-order valence-electron chi connectivity index (χ3n) is 1.50. The van der Waals surface area contributed by atoms with Gasteiger partial charge in [-0.1, -0.05) is 13.0 Å². The SMILES string of the molecule is [CH2]CCNc1cccc(C#N)c1. The van der Waals surface area contributed by atoms with Crippen LogP contribution in [0.25, 0.3) is 0 Å². The average Bonchev–Trinajstić information content (AvgIpc) is 2.15. The average molecular weight is 159 g/mol. The van der Waals surface area contributed by atoms with Gasteiger partial charge in [0.1, 0.15) is 0 Å². The van der Waals surface area contributed by atoms with Crippen molar-refractivity contribution in [3.05, 3.63) is 36.8 Å². The molecule has 1 rings (SSSR count). The van der Waals surface area contributed by atoms with Crippen LogP contribution < -0.4 is 5.32 Å².